The van der Waals surface area contributed by atoms with Crippen LogP contribution in [0.15, 0.2) is 48.6 Å². The molecule has 2 rings (SSSR count). The molecule has 0 heterocycles. The number of allylic oxidation sites excluding steroid dienone is 3. The van der Waals surface area contributed by atoms with Gasteiger partial charge in [0.1, 0.15) is 0 Å². The molecule has 1 aromatic rings. The second-order valence-corrected chi connectivity index (χ2v) is 6.68. The van der Waals surface area contributed by atoms with Gasteiger partial charge in [0.15, 0.2) is 0 Å². The van der Waals surface area contributed by atoms with Crippen LogP contribution in [-0.4, -0.2) is 0 Å². The topological polar surface area (TPSA) is 0 Å². The summed E-state index contributed by atoms with van der Waals surface area (Å²) in [5.41, 5.74) is 5.04. The van der Waals surface area contributed by atoms with E-state index in [0.29, 0.717) is 0 Å². The molecule has 0 radical (unpaired) electrons. The van der Waals surface area contributed by atoms with E-state index in [1.165, 1.54) is 56.9 Å². The Hall–Kier alpha value is -1.30. The Morgan fingerprint density at radius 2 is 1.86 bits per heavy atom. The first-order valence-electron chi connectivity index (χ1n) is 9.19. The van der Waals surface area contributed by atoms with E-state index < -0.39 is 0 Å². The number of hydrogen-bond donors (Lipinski definition) is 0. The summed E-state index contributed by atoms with van der Waals surface area (Å²) >= 11 is 0. The number of benzene rings is 1. The molecule has 0 nitrogen and oxygen atoms in total. The Morgan fingerprint density at radius 1 is 1.14 bits per heavy atom. The zero-order chi connectivity index (χ0) is 15.8. The first-order valence-corrected chi connectivity index (χ1v) is 9.19. The van der Waals surface area contributed by atoms with E-state index in [1.54, 1.807) is 11.1 Å². The number of rotatable bonds is 7. The molecule has 0 spiro atoms. The van der Waals surface area contributed by atoms with Crippen LogP contribution in [0.3, 0.4) is 0 Å². The third-order valence-corrected chi connectivity index (χ3v) is 5.35. The molecular formula is C22H32. The first kappa shape index (κ1) is 17.1. The van der Waals surface area contributed by atoms with Crippen LogP contribution >= 0.6 is 0 Å². The summed E-state index contributed by atoms with van der Waals surface area (Å²) < 4.78 is 0. The molecule has 1 aromatic carbocycles. The van der Waals surface area contributed by atoms with Crippen LogP contribution in [0.4, 0.5) is 0 Å². The molecule has 0 amide bonds. The minimum absolute atomic E-state index is 0.272. The van der Waals surface area contributed by atoms with Crippen molar-refractivity contribution in [3.8, 4) is 0 Å². The third kappa shape index (κ3) is 3.54. The maximum absolute atomic E-state index is 3.99. The smallest absolute Gasteiger partial charge is 0.0167 e. The molecule has 0 bridgehead atoms. The van der Waals surface area contributed by atoms with Crippen molar-refractivity contribution in [3.05, 3.63) is 59.7 Å². The Labute approximate surface area is 137 Å². The van der Waals surface area contributed by atoms with E-state index in [4.69, 9.17) is 0 Å². The number of hydrogen-bond acceptors (Lipinski definition) is 0. The van der Waals surface area contributed by atoms with Gasteiger partial charge in [-0.25, -0.2) is 0 Å². The van der Waals surface area contributed by atoms with Gasteiger partial charge in [-0.3, -0.25) is 0 Å². The zero-order valence-electron chi connectivity index (χ0n) is 14.5. The molecule has 1 aliphatic carbocycles. The van der Waals surface area contributed by atoms with Gasteiger partial charge in [-0.2, -0.15) is 0 Å². The van der Waals surface area contributed by atoms with E-state index >= 15 is 0 Å². The fraction of sp³-hybridized carbons (Fsp3) is 0.545. The van der Waals surface area contributed by atoms with E-state index in [-0.39, 0.29) is 5.41 Å². The highest BCUT2D eigenvalue weighted by Crippen LogP contribution is 2.47. The molecule has 0 saturated heterocycles. The summed E-state index contributed by atoms with van der Waals surface area (Å²) in [5, 5.41) is 0. The summed E-state index contributed by atoms with van der Waals surface area (Å²) in [6.45, 7) is 8.58. The highest BCUT2D eigenvalue weighted by atomic mass is 14.4. The Bertz CT molecular complexity index is 501. The number of unbranched alkanes of at least 4 members (excludes halogenated alkanes) is 1. The standard InChI is InChI=1S/C22H32/c1-4-7-15-20(13-5-2)22(17-11-8-12-18-22)21-16-10-9-14-19(21)6-3/h5,9-10,13-14,16H,2,4,6-8,11-12,15,17-18H2,1,3H3/b20-13+. The molecular weight excluding hydrogens is 264 g/mol. The molecule has 22 heavy (non-hydrogen) atoms. The van der Waals surface area contributed by atoms with Gasteiger partial charge in [0.05, 0.1) is 0 Å². The van der Waals surface area contributed by atoms with Gasteiger partial charge in [0.25, 0.3) is 0 Å². The minimum atomic E-state index is 0.272. The predicted molar refractivity (Wildman–Crippen MR) is 98.4 cm³/mol. The average Bonchev–Trinajstić information content (AvgIpc) is 2.59. The lowest BCUT2D eigenvalue weighted by Gasteiger charge is -2.42. The number of aryl methyl sites for hydroxylation is 1. The lowest BCUT2D eigenvalue weighted by atomic mass is 9.62. The fourth-order valence-corrected chi connectivity index (χ4v) is 4.21. The molecule has 120 valence electrons. The summed E-state index contributed by atoms with van der Waals surface area (Å²) in [6.07, 6.45) is 16.0. The first-order chi connectivity index (χ1) is 10.8. The molecule has 0 aromatic heterocycles. The molecule has 0 unspecified atom stereocenters. The van der Waals surface area contributed by atoms with Crippen molar-refractivity contribution in [1.82, 2.24) is 0 Å². The van der Waals surface area contributed by atoms with Crippen molar-refractivity contribution in [2.45, 2.75) is 77.0 Å². The Kier molecular flexibility index (Phi) is 6.49. The van der Waals surface area contributed by atoms with Gasteiger partial charge in [0, 0.05) is 5.41 Å². The van der Waals surface area contributed by atoms with E-state index in [1.807, 2.05) is 6.08 Å². The van der Waals surface area contributed by atoms with Gasteiger partial charge in [0.2, 0.25) is 0 Å². The maximum atomic E-state index is 3.99. The van der Waals surface area contributed by atoms with Gasteiger partial charge in [-0.15, -0.1) is 0 Å². The molecule has 1 saturated carbocycles. The van der Waals surface area contributed by atoms with E-state index in [0.717, 1.165) is 6.42 Å². The van der Waals surface area contributed by atoms with Crippen LogP contribution in [0.2, 0.25) is 0 Å². The molecule has 1 aliphatic rings. The van der Waals surface area contributed by atoms with Crippen LogP contribution in [0.25, 0.3) is 0 Å². The highest BCUT2D eigenvalue weighted by molar-refractivity contribution is 5.43. The minimum Gasteiger partial charge on any atom is -0.0991 e. The van der Waals surface area contributed by atoms with Crippen LogP contribution in [0, 0.1) is 0 Å². The zero-order valence-corrected chi connectivity index (χ0v) is 14.5. The summed E-state index contributed by atoms with van der Waals surface area (Å²) in [5.74, 6) is 0. The second kappa shape index (κ2) is 8.36. The Balaban J connectivity index is 2.50. The van der Waals surface area contributed by atoms with E-state index in [9.17, 15) is 0 Å². The van der Waals surface area contributed by atoms with Crippen molar-refractivity contribution < 1.29 is 0 Å². The van der Waals surface area contributed by atoms with Gasteiger partial charge in [-0.1, -0.05) is 88.1 Å². The summed E-state index contributed by atoms with van der Waals surface area (Å²) in [6, 6.07) is 9.15. The SMILES string of the molecule is C=C/C=C(\CCCC)C1(c2ccccc2CC)CCCCC1. The van der Waals surface area contributed by atoms with Crippen LogP contribution < -0.4 is 0 Å². The van der Waals surface area contributed by atoms with Crippen molar-refractivity contribution in [1.29, 1.82) is 0 Å². The molecule has 1 fully saturated rings. The summed E-state index contributed by atoms with van der Waals surface area (Å²) in [7, 11) is 0. The van der Waals surface area contributed by atoms with Crippen molar-refractivity contribution in [2.24, 2.45) is 0 Å². The maximum Gasteiger partial charge on any atom is 0.0167 e. The van der Waals surface area contributed by atoms with E-state index in [2.05, 4.69) is 50.8 Å². The lowest BCUT2D eigenvalue weighted by molar-refractivity contribution is 0.329. The fourth-order valence-electron chi connectivity index (χ4n) is 4.21. The quantitative estimate of drug-likeness (QED) is 0.488. The largest absolute Gasteiger partial charge is 0.0991 e. The van der Waals surface area contributed by atoms with Crippen molar-refractivity contribution in [2.75, 3.05) is 0 Å². The van der Waals surface area contributed by atoms with Gasteiger partial charge >= 0.3 is 0 Å². The lowest BCUT2D eigenvalue weighted by Crippen LogP contribution is -2.32. The normalized spacial score (nSPS) is 18.2. The van der Waals surface area contributed by atoms with Gasteiger partial charge in [-0.05, 0) is 43.2 Å². The van der Waals surface area contributed by atoms with Crippen molar-refractivity contribution >= 4 is 0 Å². The molecule has 0 atom stereocenters. The summed E-state index contributed by atoms with van der Waals surface area (Å²) in [4.78, 5) is 0. The van der Waals surface area contributed by atoms with Gasteiger partial charge < -0.3 is 0 Å². The highest BCUT2D eigenvalue weighted by Gasteiger charge is 2.37. The molecule has 0 N–H and O–H groups in total. The monoisotopic (exact) mass is 296 g/mol. The predicted octanol–water partition coefficient (Wildman–Crippen LogP) is 6.75. The van der Waals surface area contributed by atoms with Crippen LogP contribution in [-0.2, 0) is 11.8 Å². The van der Waals surface area contributed by atoms with Crippen LogP contribution in [0.5, 0.6) is 0 Å². The average molecular weight is 296 g/mol. The van der Waals surface area contributed by atoms with Crippen molar-refractivity contribution in [3.63, 3.8) is 0 Å². The molecule has 0 heteroatoms. The second-order valence-electron chi connectivity index (χ2n) is 6.68. The van der Waals surface area contributed by atoms with Crippen LogP contribution in [0.1, 0.15) is 76.3 Å². The molecule has 0 aliphatic heterocycles. The third-order valence-electron chi connectivity index (χ3n) is 5.35. The Morgan fingerprint density at radius 3 is 2.50 bits per heavy atom.